The van der Waals surface area contributed by atoms with E-state index in [2.05, 4.69) is 5.32 Å². The third kappa shape index (κ3) is 2.64. The van der Waals surface area contributed by atoms with Gasteiger partial charge in [-0.25, -0.2) is 4.79 Å². The Morgan fingerprint density at radius 1 is 1.35 bits per heavy atom. The smallest absolute Gasteiger partial charge is 0.336 e. The van der Waals surface area contributed by atoms with Crippen LogP contribution in [-0.2, 0) is 4.79 Å². The van der Waals surface area contributed by atoms with Gasteiger partial charge >= 0.3 is 5.97 Å². The van der Waals surface area contributed by atoms with Crippen molar-refractivity contribution in [2.45, 2.75) is 38.3 Å². The molecule has 17 heavy (non-hydrogen) atoms. The van der Waals surface area contributed by atoms with Crippen LogP contribution in [0.2, 0.25) is 0 Å². The van der Waals surface area contributed by atoms with Crippen molar-refractivity contribution >= 4 is 17.6 Å². The van der Waals surface area contributed by atoms with Gasteiger partial charge in [-0.2, -0.15) is 0 Å². The number of aliphatic carboxylic acids is 1. The lowest BCUT2D eigenvalue weighted by Gasteiger charge is -2.30. The van der Waals surface area contributed by atoms with Gasteiger partial charge in [0.25, 0.3) is 0 Å². The summed E-state index contributed by atoms with van der Waals surface area (Å²) in [6, 6.07) is 0. The summed E-state index contributed by atoms with van der Waals surface area (Å²) >= 11 is 6.09. The molecule has 3 N–H and O–H groups in total. The van der Waals surface area contributed by atoms with Crippen molar-refractivity contribution in [3.8, 4) is 0 Å². The zero-order valence-corrected chi connectivity index (χ0v) is 10.2. The number of carboxylic acid groups (broad SMARTS) is 1. The van der Waals surface area contributed by atoms with Gasteiger partial charge in [0.15, 0.2) is 6.23 Å². The third-order valence-corrected chi connectivity index (χ3v) is 3.70. The van der Waals surface area contributed by atoms with Crippen LogP contribution in [0.25, 0.3) is 0 Å². The van der Waals surface area contributed by atoms with E-state index in [1.165, 1.54) is 12.5 Å². The van der Waals surface area contributed by atoms with Gasteiger partial charge in [0.1, 0.15) is 0 Å². The molecule has 0 aromatic heterocycles. The van der Waals surface area contributed by atoms with Gasteiger partial charge in [0.05, 0.1) is 10.6 Å². The van der Waals surface area contributed by atoms with E-state index < -0.39 is 12.2 Å². The second-order valence-electron chi connectivity index (χ2n) is 4.55. The van der Waals surface area contributed by atoms with Crippen molar-refractivity contribution in [1.29, 1.82) is 0 Å². The fourth-order valence-corrected chi connectivity index (χ4v) is 2.80. The molecule has 0 aromatic rings. The van der Waals surface area contributed by atoms with Gasteiger partial charge in [0, 0.05) is 11.6 Å². The highest BCUT2D eigenvalue weighted by Crippen LogP contribution is 2.33. The van der Waals surface area contributed by atoms with Crippen molar-refractivity contribution in [3.63, 3.8) is 0 Å². The zero-order chi connectivity index (χ0) is 12.4. The highest BCUT2D eigenvalue weighted by atomic mass is 35.5. The van der Waals surface area contributed by atoms with E-state index in [-0.39, 0.29) is 5.57 Å². The van der Waals surface area contributed by atoms with Crippen LogP contribution in [0.5, 0.6) is 0 Å². The van der Waals surface area contributed by atoms with E-state index in [0.717, 1.165) is 31.4 Å². The van der Waals surface area contributed by atoms with Crippen LogP contribution in [-0.4, -0.2) is 22.4 Å². The molecule has 2 rings (SSSR count). The molecule has 0 radical (unpaired) electrons. The fourth-order valence-electron chi connectivity index (χ4n) is 2.47. The summed E-state index contributed by atoms with van der Waals surface area (Å²) in [5.74, 6) is -0.830. The molecule has 94 valence electrons. The van der Waals surface area contributed by atoms with Gasteiger partial charge in [0.2, 0.25) is 0 Å². The first-order chi connectivity index (χ1) is 8.09. The summed E-state index contributed by atoms with van der Waals surface area (Å²) in [7, 11) is 0. The van der Waals surface area contributed by atoms with E-state index in [4.69, 9.17) is 16.7 Å². The monoisotopic (exact) mass is 257 g/mol. The molecule has 2 aliphatic rings. The lowest BCUT2D eigenvalue weighted by molar-refractivity contribution is -0.134. The van der Waals surface area contributed by atoms with Gasteiger partial charge in [-0.15, -0.1) is 0 Å². The average molecular weight is 258 g/mol. The minimum atomic E-state index is -1.16. The fraction of sp³-hybridized carbons (Fsp3) is 0.583. The van der Waals surface area contributed by atoms with Crippen molar-refractivity contribution < 1.29 is 15.0 Å². The predicted octanol–water partition coefficient (Wildman–Crippen LogP) is 1.95. The number of hydrogen-bond acceptors (Lipinski definition) is 3. The molecule has 1 atom stereocenters. The predicted molar refractivity (Wildman–Crippen MR) is 64.3 cm³/mol. The second kappa shape index (κ2) is 5.10. The second-order valence-corrected chi connectivity index (χ2v) is 4.96. The summed E-state index contributed by atoms with van der Waals surface area (Å²) in [6.45, 7) is 0. The number of dihydropyridines is 1. The Kier molecular flexibility index (Phi) is 3.74. The van der Waals surface area contributed by atoms with Gasteiger partial charge in [-0.1, -0.05) is 30.9 Å². The van der Waals surface area contributed by atoms with Crippen molar-refractivity contribution in [2.24, 2.45) is 5.92 Å². The Labute approximate surface area is 105 Å². The number of aliphatic hydroxyl groups excluding tert-OH is 1. The lowest BCUT2D eigenvalue weighted by Crippen LogP contribution is -2.38. The molecule has 1 heterocycles. The van der Waals surface area contributed by atoms with E-state index in [0.29, 0.717) is 11.0 Å². The molecule has 1 fully saturated rings. The third-order valence-electron chi connectivity index (χ3n) is 3.39. The number of allylic oxidation sites excluding steroid dienone is 3. The van der Waals surface area contributed by atoms with Gasteiger partial charge in [-0.3, -0.25) is 0 Å². The van der Waals surface area contributed by atoms with E-state index >= 15 is 0 Å². The quantitative estimate of drug-likeness (QED) is 0.707. The Morgan fingerprint density at radius 3 is 2.59 bits per heavy atom. The van der Waals surface area contributed by atoms with Crippen LogP contribution in [0.4, 0.5) is 0 Å². The molecule has 0 aromatic carbocycles. The van der Waals surface area contributed by atoms with Crippen LogP contribution in [0.15, 0.2) is 22.4 Å². The van der Waals surface area contributed by atoms with Crippen LogP contribution >= 0.6 is 11.6 Å². The molecule has 0 bridgehead atoms. The number of aliphatic hydroxyl groups is 1. The maximum atomic E-state index is 10.8. The highest BCUT2D eigenvalue weighted by Gasteiger charge is 2.29. The van der Waals surface area contributed by atoms with E-state index in [1.54, 1.807) is 0 Å². The topological polar surface area (TPSA) is 69.6 Å². The zero-order valence-electron chi connectivity index (χ0n) is 9.45. The number of halogens is 1. The summed E-state index contributed by atoms with van der Waals surface area (Å²) in [5.41, 5.74) is 0.693. The van der Waals surface area contributed by atoms with Gasteiger partial charge < -0.3 is 15.5 Å². The Hall–Kier alpha value is -1.00. The summed E-state index contributed by atoms with van der Waals surface area (Å²) < 4.78 is 0. The molecule has 0 spiro atoms. The van der Waals surface area contributed by atoms with E-state index in [9.17, 15) is 9.90 Å². The molecule has 4 nitrogen and oxygen atoms in total. The van der Waals surface area contributed by atoms with E-state index in [1.807, 2.05) is 0 Å². The Balaban J connectivity index is 2.22. The van der Waals surface area contributed by atoms with Crippen molar-refractivity contribution in [2.75, 3.05) is 0 Å². The van der Waals surface area contributed by atoms with Crippen molar-refractivity contribution in [1.82, 2.24) is 5.32 Å². The van der Waals surface area contributed by atoms with Crippen LogP contribution < -0.4 is 5.32 Å². The lowest BCUT2D eigenvalue weighted by atomic mass is 9.85. The first-order valence-electron chi connectivity index (χ1n) is 5.88. The minimum absolute atomic E-state index is 0.102. The molecule has 1 aliphatic heterocycles. The molecule has 1 unspecified atom stereocenters. The largest absolute Gasteiger partial charge is 0.478 e. The van der Waals surface area contributed by atoms with Crippen LogP contribution in [0.3, 0.4) is 0 Å². The minimum Gasteiger partial charge on any atom is -0.478 e. The SMILES string of the molecule is O=C(O)C1=CC(Cl)=C(C2CCCCC2)NC1O. The number of carboxylic acids is 1. The summed E-state index contributed by atoms with van der Waals surface area (Å²) in [5, 5.41) is 21.8. The standard InChI is InChI=1S/C12H16ClNO3/c13-9-6-8(12(16)17)11(15)14-10(9)7-4-2-1-3-5-7/h6-7,11,14-15H,1-5H2,(H,16,17). The molecule has 1 saturated carbocycles. The molecule has 0 amide bonds. The molecule has 0 saturated heterocycles. The molecule has 5 heteroatoms. The first kappa shape index (κ1) is 12.5. The van der Waals surface area contributed by atoms with Crippen LogP contribution in [0.1, 0.15) is 32.1 Å². The molecule has 1 aliphatic carbocycles. The number of carbonyl (C=O) groups is 1. The maximum absolute atomic E-state index is 10.8. The van der Waals surface area contributed by atoms with Crippen molar-refractivity contribution in [3.05, 3.63) is 22.4 Å². The normalized spacial score (nSPS) is 26.5. The van der Waals surface area contributed by atoms with Crippen LogP contribution in [0, 0.1) is 5.92 Å². The summed E-state index contributed by atoms with van der Waals surface area (Å²) in [6.07, 6.45) is 5.84. The highest BCUT2D eigenvalue weighted by molar-refractivity contribution is 6.32. The molecular formula is C12H16ClNO3. The Morgan fingerprint density at radius 2 is 2.00 bits per heavy atom. The number of rotatable bonds is 2. The first-order valence-corrected chi connectivity index (χ1v) is 6.26. The summed E-state index contributed by atoms with van der Waals surface area (Å²) in [4.78, 5) is 10.8. The molecular weight excluding hydrogens is 242 g/mol. The Bertz CT molecular complexity index is 383. The number of nitrogens with one attached hydrogen (secondary N) is 1. The van der Waals surface area contributed by atoms with Gasteiger partial charge in [-0.05, 0) is 18.9 Å². The number of hydrogen-bond donors (Lipinski definition) is 3. The maximum Gasteiger partial charge on any atom is 0.336 e. The average Bonchev–Trinajstić information content (AvgIpc) is 2.32.